The molecule has 0 saturated carbocycles. The minimum Gasteiger partial charge on any atom is -0.497 e. The molecule has 0 bridgehead atoms. The summed E-state index contributed by atoms with van der Waals surface area (Å²) in [5.74, 6) is -0.355. The van der Waals surface area contributed by atoms with Gasteiger partial charge >= 0.3 is 5.97 Å². The second kappa shape index (κ2) is 24.0. The largest absolute Gasteiger partial charge is 0.497 e. The van der Waals surface area contributed by atoms with Crippen LogP contribution in [0.15, 0.2) is 115 Å². The molecule has 6 rings (SSSR count). The van der Waals surface area contributed by atoms with Gasteiger partial charge in [-0.25, -0.2) is 0 Å². The number of carbonyl (C=O) groups is 2. The maximum absolute atomic E-state index is 13.2. The van der Waals surface area contributed by atoms with Crippen LogP contribution in [0.2, 0.25) is 18.1 Å². The Morgan fingerprint density at radius 2 is 1.12 bits per heavy atom. The van der Waals surface area contributed by atoms with Crippen LogP contribution in [0.1, 0.15) is 56.9 Å². The number of aliphatic hydroxyl groups excluding tert-OH is 1. The van der Waals surface area contributed by atoms with Gasteiger partial charge in [0.15, 0.2) is 27.0 Å². The van der Waals surface area contributed by atoms with Crippen LogP contribution in [0, 0.1) is 0 Å². The first-order valence-electron chi connectivity index (χ1n) is 22.5. The third kappa shape index (κ3) is 14.2. The molecule has 0 unspecified atom stereocenters. The number of benzene rings is 4. The number of amides is 1. The van der Waals surface area contributed by atoms with E-state index in [2.05, 4.69) is 39.2 Å². The number of hydrogen-bond donors (Lipinski definition) is 2. The first-order chi connectivity index (χ1) is 31.6. The molecular formula is C51H67NO13Si. The van der Waals surface area contributed by atoms with E-state index in [0.717, 1.165) is 22.3 Å². The molecule has 10 atom stereocenters. The van der Waals surface area contributed by atoms with E-state index < -0.39 is 81.5 Å². The highest BCUT2D eigenvalue weighted by molar-refractivity contribution is 6.74. The van der Waals surface area contributed by atoms with E-state index in [1.165, 1.54) is 13.8 Å². The van der Waals surface area contributed by atoms with Crippen LogP contribution in [0.5, 0.6) is 5.75 Å². The molecule has 15 heteroatoms. The minimum atomic E-state index is -2.39. The van der Waals surface area contributed by atoms with Gasteiger partial charge in [0.1, 0.15) is 48.4 Å². The van der Waals surface area contributed by atoms with Gasteiger partial charge in [0, 0.05) is 13.8 Å². The average molecular weight is 930 g/mol. The van der Waals surface area contributed by atoms with E-state index in [1.54, 1.807) is 7.11 Å². The van der Waals surface area contributed by atoms with Crippen LogP contribution in [0.25, 0.3) is 0 Å². The first-order valence-corrected chi connectivity index (χ1v) is 25.4. The second-order valence-corrected chi connectivity index (χ2v) is 23.0. The number of hydrogen-bond acceptors (Lipinski definition) is 13. The highest BCUT2D eigenvalue weighted by Gasteiger charge is 2.55. The molecule has 2 heterocycles. The van der Waals surface area contributed by atoms with Crippen molar-refractivity contribution in [2.24, 2.45) is 0 Å². The van der Waals surface area contributed by atoms with Gasteiger partial charge in [0.05, 0.1) is 46.8 Å². The Bertz CT molecular complexity index is 2070. The summed E-state index contributed by atoms with van der Waals surface area (Å²) in [6.45, 7) is 14.1. The molecule has 4 aromatic rings. The summed E-state index contributed by atoms with van der Waals surface area (Å²) < 4.78 is 65.0. The molecule has 2 aliphatic heterocycles. The summed E-state index contributed by atoms with van der Waals surface area (Å²) in [4.78, 5) is 26.1. The van der Waals surface area contributed by atoms with Gasteiger partial charge < -0.3 is 57.5 Å². The van der Waals surface area contributed by atoms with Crippen molar-refractivity contribution in [3.63, 3.8) is 0 Å². The Morgan fingerprint density at radius 3 is 1.61 bits per heavy atom. The summed E-state index contributed by atoms with van der Waals surface area (Å²) in [6.07, 6.45) is -9.87. The van der Waals surface area contributed by atoms with Crippen molar-refractivity contribution in [1.82, 2.24) is 5.32 Å². The lowest BCUT2D eigenvalue weighted by Crippen LogP contribution is -2.69. The quantitative estimate of drug-likeness (QED) is 0.0637. The van der Waals surface area contributed by atoms with Crippen molar-refractivity contribution in [2.75, 3.05) is 20.3 Å². The fourth-order valence-corrected chi connectivity index (χ4v) is 8.63. The standard InChI is InChI=1S/C51H67NO13Si/c1-34(53)52-43-46(44(58-29-36-18-12-9-13-19-36)41(63-49(43)55)32-57-28-39-24-26-40(56-6)27-25-39)65-50-48(62-35(2)54)47(60-31-38-22-16-11-17-23-38)45(59-30-37-20-14-10-15-21-37)42(64-50)33-61-66(7,8)51(3,4)5/h9-27,41-50,55H,28-33H2,1-8H3,(H,52,53)/t41-,42-,43-,44+,45-,46-,47+,48-,49-,50+/m1/s1. The van der Waals surface area contributed by atoms with E-state index in [-0.39, 0.29) is 44.7 Å². The van der Waals surface area contributed by atoms with Crippen molar-refractivity contribution in [3.05, 3.63) is 138 Å². The van der Waals surface area contributed by atoms with E-state index >= 15 is 0 Å². The zero-order valence-electron chi connectivity index (χ0n) is 39.3. The molecule has 1 amide bonds. The Labute approximate surface area is 390 Å². The van der Waals surface area contributed by atoms with Crippen molar-refractivity contribution in [3.8, 4) is 5.75 Å². The molecule has 0 aromatic heterocycles. The van der Waals surface area contributed by atoms with Crippen LogP contribution in [-0.2, 0) is 78.3 Å². The van der Waals surface area contributed by atoms with E-state index in [4.69, 9.17) is 47.1 Å². The van der Waals surface area contributed by atoms with Crippen molar-refractivity contribution >= 4 is 20.2 Å². The van der Waals surface area contributed by atoms with E-state index in [0.29, 0.717) is 5.75 Å². The lowest BCUT2D eigenvalue weighted by Gasteiger charge is -2.50. The molecule has 2 aliphatic rings. The summed E-state index contributed by atoms with van der Waals surface area (Å²) in [5.41, 5.74) is 3.54. The van der Waals surface area contributed by atoms with Crippen LogP contribution in [0.3, 0.4) is 0 Å². The van der Waals surface area contributed by atoms with Gasteiger partial charge in [0.2, 0.25) is 5.91 Å². The molecule has 2 N–H and O–H groups in total. The van der Waals surface area contributed by atoms with Gasteiger partial charge in [-0.2, -0.15) is 0 Å². The third-order valence-corrected chi connectivity index (χ3v) is 16.7. The number of ether oxygens (including phenoxy) is 9. The second-order valence-electron chi connectivity index (χ2n) is 18.2. The van der Waals surface area contributed by atoms with Crippen molar-refractivity contribution < 1.29 is 61.8 Å². The van der Waals surface area contributed by atoms with Crippen LogP contribution in [-0.4, -0.2) is 107 Å². The number of methoxy groups -OCH3 is 1. The van der Waals surface area contributed by atoms with E-state index in [1.807, 2.05) is 115 Å². The fraction of sp³-hybridized carbons (Fsp3) is 0.490. The maximum atomic E-state index is 13.2. The minimum absolute atomic E-state index is 0.0325. The van der Waals surface area contributed by atoms with Gasteiger partial charge in [0.25, 0.3) is 0 Å². The number of carbonyl (C=O) groups excluding carboxylic acids is 2. The Morgan fingerprint density at radius 1 is 0.636 bits per heavy atom. The third-order valence-electron chi connectivity index (χ3n) is 12.2. The zero-order valence-corrected chi connectivity index (χ0v) is 40.3. The number of aliphatic hydroxyl groups is 1. The molecule has 14 nitrogen and oxygen atoms in total. The SMILES string of the molecule is COc1ccc(COC[C@H]2O[C@@H](O)[C@H](NC(C)=O)[C@@H](O[C@@H]3O[C@H](CO[Si](C)(C)C(C)(C)C)[C@@H](OCc4ccccc4)[C@H](OCc4ccccc4)[C@H]3OC(C)=O)[C@H]2OCc2ccccc2)cc1. The lowest BCUT2D eigenvalue weighted by molar-refractivity contribution is -0.354. The summed E-state index contributed by atoms with van der Waals surface area (Å²) >= 11 is 0. The van der Waals surface area contributed by atoms with Gasteiger partial charge in [-0.3, -0.25) is 9.59 Å². The zero-order chi connectivity index (χ0) is 47.3. The number of esters is 1. The highest BCUT2D eigenvalue weighted by Crippen LogP contribution is 2.39. The molecule has 2 saturated heterocycles. The molecule has 4 aromatic carbocycles. The highest BCUT2D eigenvalue weighted by atomic mass is 28.4. The fourth-order valence-electron chi connectivity index (χ4n) is 7.61. The normalized spacial score (nSPS) is 25.8. The molecule has 0 spiro atoms. The van der Waals surface area contributed by atoms with Gasteiger partial charge in [-0.05, 0) is 52.5 Å². The summed E-state index contributed by atoms with van der Waals surface area (Å²) in [5, 5.41) is 14.4. The molecule has 0 aliphatic carbocycles. The van der Waals surface area contributed by atoms with Crippen molar-refractivity contribution in [2.45, 2.75) is 141 Å². The van der Waals surface area contributed by atoms with Crippen molar-refractivity contribution in [1.29, 1.82) is 0 Å². The Kier molecular flexibility index (Phi) is 18.5. The molecule has 358 valence electrons. The molecular weight excluding hydrogens is 863 g/mol. The average Bonchev–Trinajstić information content (AvgIpc) is 3.29. The predicted molar refractivity (Wildman–Crippen MR) is 248 cm³/mol. The van der Waals surface area contributed by atoms with Crippen LogP contribution < -0.4 is 10.1 Å². The van der Waals surface area contributed by atoms with Crippen LogP contribution >= 0.6 is 0 Å². The van der Waals surface area contributed by atoms with Crippen LogP contribution in [0.4, 0.5) is 0 Å². The topological polar surface area (TPSA) is 159 Å². The molecule has 66 heavy (non-hydrogen) atoms. The number of nitrogens with one attached hydrogen (secondary N) is 1. The smallest absolute Gasteiger partial charge is 0.303 e. The monoisotopic (exact) mass is 929 g/mol. The van der Waals surface area contributed by atoms with Gasteiger partial charge in [-0.15, -0.1) is 0 Å². The molecule has 2 fully saturated rings. The Hall–Kier alpha value is -4.52. The molecule has 0 radical (unpaired) electrons. The lowest BCUT2D eigenvalue weighted by atomic mass is 9.94. The Balaban J connectivity index is 1.40. The number of rotatable bonds is 21. The predicted octanol–water partition coefficient (Wildman–Crippen LogP) is 7.25. The van der Waals surface area contributed by atoms with Gasteiger partial charge in [-0.1, -0.05) is 124 Å². The summed E-state index contributed by atoms with van der Waals surface area (Å²) in [7, 11) is -0.787. The van der Waals surface area contributed by atoms with E-state index in [9.17, 15) is 14.7 Å². The summed E-state index contributed by atoms with van der Waals surface area (Å²) in [6, 6.07) is 35.2. The maximum Gasteiger partial charge on any atom is 0.303 e. The first kappa shape index (κ1) is 50.9.